The molecule has 6 heteroatoms. The zero-order valence-electron chi connectivity index (χ0n) is 7.70. The first kappa shape index (κ1) is 11.9. The van der Waals surface area contributed by atoms with Crippen molar-refractivity contribution in [2.24, 2.45) is 11.5 Å². The van der Waals surface area contributed by atoms with Crippen molar-refractivity contribution in [3.05, 3.63) is 28.2 Å². The predicted octanol–water partition coefficient (Wildman–Crippen LogP) is 0.947. The molecular formula is C9H9BrN2O2S. The Kier molecular flexibility index (Phi) is 4.05. The van der Waals surface area contributed by atoms with Crippen LogP contribution in [0.4, 0.5) is 0 Å². The van der Waals surface area contributed by atoms with E-state index in [2.05, 4.69) is 15.9 Å². The van der Waals surface area contributed by atoms with Gasteiger partial charge >= 0.3 is 0 Å². The van der Waals surface area contributed by atoms with Crippen molar-refractivity contribution >= 4 is 39.0 Å². The third-order valence-electron chi connectivity index (χ3n) is 1.58. The molecule has 1 aromatic carbocycles. The minimum absolute atomic E-state index is 0.197. The zero-order chi connectivity index (χ0) is 11.4. The van der Waals surface area contributed by atoms with Crippen LogP contribution in [0.25, 0.3) is 0 Å². The number of amides is 1. The van der Waals surface area contributed by atoms with Crippen molar-refractivity contribution in [2.75, 3.05) is 6.61 Å². The molecule has 0 aromatic heterocycles. The van der Waals surface area contributed by atoms with Crippen LogP contribution in [-0.4, -0.2) is 17.5 Å². The third-order valence-corrected chi connectivity index (χ3v) is 2.29. The Hall–Kier alpha value is -1.14. The second kappa shape index (κ2) is 5.09. The Balaban J connectivity index is 2.95. The summed E-state index contributed by atoms with van der Waals surface area (Å²) < 4.78 is 5.98. The van der Waals surface area contributed by atoms with E-state index in [0.29, 0.717) is 11.3 Å². The lowest BCUT2D eigenvalue weighted by Crippen LogP contribution is -2.21. The summed E-state index contributed by atoms with van der Waals surface area (Å²) >= 11 is 8.13. The van der Waals surface area contributed by atoms with Gasteiger partial charge in [-0.3, -0.25) is 4.79 Å². The molecule has 1 rings (SSSR count). The van der Waals surface area contributed by atoms with Crippen LogP contribution < -0.4 is 16.2 Å². The van der Waals surface area contributed by atoms with Gasteiger partial charge in [-0.05, 0) is 18.2 Å². The second-order valence-electron chi connectivity index (χ2n) is 2.76. The van der Waals surface area contributed by atoms with Gasteiger partial charge in [-0.2, -0.15) is 0 Å². The normalized spacial score (nSPS) is 9.67. The summed E-state index contributed by atoms with van der Waals surface area (Å²) in [6, 6.07) is 5.15. The molecule has 0 bridgehead atoms. The Bertz CT molecular complexity index is 409. The number of thiocarbonyl (C=S) groups is 1. The summed E-state index contributed by atoms with van der Waals surface area (Å²) in [6.07, 6.45) is 0. The van der Waals surface area contributed by atoms with E-state index in [1.54, 1.807) is 18.2 Å². The Morgan fingerprint density at radius 2 is 2.13 bits per heavy atom. The fraction of sp³-hybridized carbons (Fsp3) is 0.111. The van der Waals surface area contributed by atoms with Crippen LogP contribution in [-0.2, 0) is 4.79 Å². The molecule has 4 nitrogen and oxygen atoms in total. The number of hydrogen-bond donors (Lipinski definition) is 2. The maximum absolute atomic E-state index is 10.5. The summed E-state index contributed by atoms with van der Waals surface area (Å²) in [6.45, 7) is -0.197. The number of carbonyl (C=O) groups excluding carboxylic acids is 1. The van der Waals surface area contributed by atoms with E-state index in [4.69, 9.17) is 28.4 Å². The van der Waals surface area contributed by atoms with Gasteiger partial charge in [0.05, 0.1) is 5.56 Å². The monoisotopic (exact) mass is 288 g/mol. The van der Waals surface area contributed by atoms with Crippen molar-refractivity contribution in [3.8, 4) is 5.75 Å². The fourth-order valence-corrected chi connectivity index (χ4v) is 1.49. The van der Waals surface area contributed by atoms with E-state index in [9.17, 15) is 4.79 Å². The van der Waals surface area contributed by atoms with E-state index in [1.807, 2.05) is 0 Å². The van der Waals surface area contributed by atoms with Crippen LogP contribution in [0.1, 0.15) is 5.56 Å². The third kappa shape index (κ3) is 3.49. The molecule has 0 radical (unpaired) electrons. The lowest BCUT2D eigenvalue weighted by atomic mass is 10.2. The van der Waals surface area contributed by atoms with Gasteiger partial charge in [-0.25, -0.2) is 0 Å². The van der Waals surface area contributed by atoms with E-state index in [-0.39, 0.29) is 11.6 Å². The van der Waals surface area contributed by atoms with Gasteiger partial charge in [0.15, 0.2) is 6.61 Å². The number of nitrogens with two attached hydrogens (primary N) is 2. The van der Waals surface area contributed by atoms with Crippen molar-refractivity contribution in [1.29, 1.82) is 0 Å². The standard InChI is InChI=1S/C9H9BrN2O2S/c10-5-1-2-7(14-4-8(11)13)6(3-5)9(12)15/h1-3H,4H2,(H2,11,13)(H2,12,15). The minimum atomic E-state index is -0.549. The number of carbonyl (C=O) groups is 1. The molecular weight excluding hydrogens is 280 g/mol. The van der Waals surface area contributed by atoms with E-state index >= 15 is 0 Å². The van der Waals surface area contributed by atoms with E-state index in [1.165, 1.54) is 0 Å². The van der Waals surface area contributed by atoms with E-state index < -0.39 is 5.91 Å². The smallest absolute Gasteiger partial charge is 0.255 e. The molecule has 0 aliphatic heterocycles. The predicted molar refractivity (Wildman–Crippen MR) is 64.7 cm³/mol. The van der Waals surface area contributed by atoms with Gasteiger partial charge in [0, 0.05) is 4.47 Å². The molecule has 1 aromatic rings. The molecule has 0 aliphatic rings. The molecule has 4 N–H and O–H groups in total. The number of benzene rings is 1. The number of primary amides is 1. The van der Waals surface area contributed by atoms with Crippen LogP contribution in [0.15, 0.2) is 22.7 Å². The Morgan fingerprint density at radius 1 is 1.47 bits per heavy atom. The number of hydrogen-bond acceptors (Lipinski definition) is 3. The van der Waals surface area contributed by atoms with Gasteiger partial charge in [0.2, 0.25) is 0 Å². The highest BCUT2D eigenvalue weighted by atomic mass is 79.9. The Labute approximate surface area is 101 Å². The van der Waals surface area contributed by atoms with Gasteiger partial charge in [0.1, 0.15) is 10.7 Å². The average Bonchev–Trinajstić information content (AvgIpc) is 2.15. The van der Waals surface area contributed by atoms with E-state index in [0.717, 1.165) is 4.47 Å². The number of ether oxygens (including phenoxy) is 1. The molecule has 1 amide bonds. The van der Waals surface area contributed by atoms with Gasteiger partial charge in [-0.1, -0.05) is 28.1 Å². The highest BCUT2D eigenvalue weighted by Gasteiger charge is 2.08. The number of halogens is 1. The van der Waals surface area contributed by atoms with Gasteiger partial charge in [0.25, 0.3) is 5.91 Å². The van der Waals surface area contributed by atoms with Crippen LogP contribution in [0.5, 0.6) is 5.75 Å². The molecule has 0 heterocycles. The van der Waals surface area contributed by atoms with Crippen LogP contribution >= 0.6 is 28.1 Å². The van der Waals surface area contributed by atoms with Crippen molar-refractivity contribution in [2.45, 2.75) is 0 Å². The van der Waals surface area contributed by atoms with Crippen molar-refractivity contribution in [3.63, 3.8) is 0 Å². The first-order chi connectivity index (χ1) is 7.00. The summed E-state index contributed by atoms with van der Waals surface area (Å²) in [5.74, 6) is -0.101. The fourth-order valence-electron chi connectivity index (χ4n) is 0.970. The molecule has 0 aliphatic carbocycles. The minimum Gasteiger partial charge on any atom is -0.483 e. The summed E-state index contributed by atoms with van der Waals surface area (Å²) in [5.41, 5.74) is 11.0. The maximum atomic E-state index is 10.5. The summed E-state index contributed by atoms with van der Waals surface area (Å²) in [5, 5.41) is 0. The lowest BCUT2D eigenvalue weighted by Gasteiger charge is -2.09. The summed E-state index contributed by atoms with van der Waals surface area (Å²) in [7, 11) is 0. The zero-order valence-corrected chi connectivity index (χ0v) is 10.1. The number of rotatable bonds is 4. The molecule has 15 heavy (non-hydrogen) atoms. The first-order valence-electron chi connectivity index (χ1n) is 4.01. The molecule has 0 saturated heterocycles. The first-order valence-corrected chi connectivity index (χ1v) is 5.21. The molecule has 0 unspecified atom stereocenters. The quantitative estimate of drug-likeness (QED) is 0.809. The van der Waals surface area contributed by atoms with Crippen molar-refractivity contribution in [1.82, 2.24) is 0 Å². The largest absolute Gasteiger partial charge is 0.483 e. The maximum Gasteiger partial charge on any atom is 0.255 e. The molecule has 0 saturated carbocycles. The SMILES string of the molecule is NC(=O)COc1ccc(Br)cc1C(N)=S. The van der Waals surface area contributed by atoms with Crippen molar-refractivity contribution < 1.29 is 9.53 Å². The average molecular weight is 289 g/mol. The van der Waals surface area contributed by atoms with Gasteiger partial charge < -0.3 is 16.2 Å². The topological polar surface area (TPSA) is 78.3 Å². The molecule has 0 atom stereocenters. The molecule has 80 valence electrons. The van der Waals surface area contributed by atoms with Crippen LogP contribution in [0.3, 0.4) is 0 Å². The highest BCUT2D eigenvalue weighted by Crippen LogP contribution is 2.23. The second-order valence-corrected chi connectivity index (χ2v) is 4.12. The molecule has 0 fully saturated rings. The molecule has 0 spiro atoms. The summed E-state index contributed by atoms with van der Waals surface area (Å²) in [4.78, 5) is 10.7. The van der Waals surface area contributed by atoms with Crippen LogP contribution in [0.2, 0.25) is 0 Å². The lowest BCUT2D eigenvalue weighted by molar-refractivity contribution is -0.119. The highest BCUT2D eigenvalue weighted by molar-refractivity contribution is 9.10. The Morgan fingerprint density at radius 3 is 2.67 bits per heavy atom. The van der Waals surface area contributed by atoms with Gasteiger partial charge in [-0.15, -0.1) is 0 Å². The van der Waals surface area contributed by atoms with Crippen LogP contribution in [0, 0.1) is 0 Å².